The third kappa shape index (κ3) is 5.13. The Labute approximate surface area is 274 Å². The Hall–Kier alpha value is -4.41. The molecule has 9 nitrogen and oxygen atoms in total. The highest BCUT2D eigenvalue weighted by Crippen LogP contribution is 2.44. The Bertz CT molecular complexity index is 1980. The molecule has 250 valence electrons. The minimum absolute atomic E-state index is 0.0197. The highest BCUT2D eigenvalue weighted by molar-refractivity contribution is 6.05. The molecular weight excluding hydrogens is 628 g/mol. The Morgan fingerprint density at radius 1 is 1.12 bits per heavy atom. The molecule has 48 heavy (non-hydrogen) atoms. The minimum atomic E-state index is -3.23. The number of nitrogens with one attached hydrogen (secondary N) is 1. The van der Waals surface area contributed by atoms with Crippen LogP contribution in [0.3, 0.4) is 0 Å². The Morgan fingerprint density at radius 3 is 2.67 bits per heavy atom. The number of hydrogen-bond acceptors (Lipinski definition) is 9. The summed E-state index contributed by atoms with van der Waals surface area (Å²) in [6.07, 6.45) is 8.80. The number of aryl methyl sites for hydroxylation is 1. The molecule has 2 bridgehead atoms. The van der Waals surface area contributed by atoms with Crippen LogP contribution < -0.4 is 19.7 Å². The molecule has 13 heteroatoms. The second kappa shape index (κ2) is 11.6. The van der Waals surface area contributed by atoms with Gasteiger partial charge in [-0.3, -0.25) is 4.90 Å². The molecule has 4 aliphatic rings. The van der Waals surface area contributed by atoms with Crippen LogP contribution in [0.1, 0.15) is 43.2 Å². The van der Waals surface area contributed by atoms with Crippen LogP contribution in [0.5, 0.6) is 17.6 Å². The number of fused-ring (bicyclic) bond motifs is 5. The summed E-state index contributed by atoms with van der Waals surface area (Å²) in [6, 6.07) is 5.88. The average molecular weight is 663 g/mol. The summed E-state index contributed by atoms with van der Waals surface area (Å²) < 4.78 is 69.2. The van der Waals surface area contributed by atoms with Crippen molar-refractivity contribution in [2.75, 3.05) is 37.7 Å². The number of rotatable bonds is 7. The smallest absolute Gasteiger partial charge is 0.388 e. The van der Waals surface area contributed by atoms with Crippen LogP contribution in [0, 0.1) is 25.1 Å². The first kappa shape index (κ1) is 30.9. The summed E-state index contributed by atoms with van der Waals surface area (Å²) in [7, 11) is 0. The molecule has 0 amide bonds. The molecule has 2 unspecified atom stereocenters. The van der Waals surface area contributed by atoms with Gasteiger partial charge in [-0.2, -0.15) is 18.7 Å². The number of aromatic hydroxyl groups is 1. The van der Waals surface area contributed by atoms with E-state index >= 15 is 4.39 Å². The van der Waals surface area contributed by atoms with Crippen molar-refractivity contribution in [3.05, 3.63) is 41.2 Å². The van der Waals surface area contributed by atoms with E-state index < -0.39 is 30.0 Å². The number of phenolic OH excluding ortho intramolecular Hbond substituents is 1. The van der Waals surface area contributed by atoms with Gasteiger partial charge in [0.2, 0.25) is 5.88 Å². The van der Waals surface area contributed by atoms with E-state index in [4.69, 9.17) is 25.9 Å². The number of halogens is 4. The van der Waals surface area contributed by atoms with Gasteiger partial charge in [-0.25, -0.2) is 13.8 Å². The summed E-state index contributed by atoms with van der Waals surface area (Å²) in [5.74, 6) is 1.50. The topological polar surface area (TPSA) is 95.9 Å². The highest BCUT2D eigenvalue weighted by Gasteiger charge is 2.49. The van der Waals surface area contributed by atoms with Gasteiger partial charge in [0.1, 0.15) is 35.5 Å². The number of piperazine rings is 1. The monoisotopic (exact) mass is 662 g/mol. The van der Waals surface area contributed by atoms with E-state index in [0.717, 1.165) is 32.2 Å². The zero-order valence-electron chi connectivity index (χ0n) is 26.3. The molecular formula is C35H34F4N6O3. The van der Waals surface area contributed by atoms with Crippen molar-refractivity contribution < 1.29 is 32.1 Å². The molecule has 0 aliphatic carbocycles. The van der Waals surface area contributed by atoms with Crippen molar-refractivity contribution >= 4 is 27.5 Å². The number of phenols is 1. The largest absolute Gasteiger partial charge is 0.508 e. The van der Waals surface area contributed by atoms with Crippen molar-refractivity contribution in [1.82, 2.24) is 25.2 Å². The molecule has 4 aliphatic heterocycles. The third-order valence-corrected chi connectivity index (χ3v) is 10.4. The van der Waals surface area contributed by atoms with Gasteiger partial charge in [-0.05, 0) is 62.7 Å². The van der Waals surface area contributed by atoms with Gasteiger partial charge >= 0.3 is 12.6 Å². The predicted octanol–water partition coefficient (Wildman–Crippen LogP) is 5.48. The van der Waals surface area contributed by atoms with Crippen molar-refractivity contribution in [2.24, 2.45) is 0 Å². The molecule has 2 aromatic carbocycles. The highest BCUT2D eigenvalue weighted by atomic mass is 19.3. The van der Waals surface area contributed by atoms with Gasteiger partial charge in [0.15, 0.2) is 0 Å². The Morgan fingerprint density at radius 2 is 1.92 bits per heavy atom. The van der Waals surface area contributed by atoms with Crippen molar-refractivity contribution in [1.29, 1.82) is 0 Å². The fourth-order valence-electron chi connectivity index (χ4n) is 8.35. The van der Waals surface area contributed by atoms with E-state index in [9.17, 15) is 18.3 Å². The van der Waals surface area contributed by atoms with Crippen LogP contribution in [-0.2, 0) is 0 Å². The lowest BCUT2D eigenvalue weighted by molar-refractivity contribution is -0.0516. The molecule has 0 saturated carbocycles. The molecule has 6 heterocycles. The summed E-state index contributed by atoms with van der Waals surface area (Å²) in [6.45, 7) is 0.938. The number of terminal acetylenes is 1. The van der Waals surface area contributed by atoms with Gasteiger partial charge in [0.05, 0.1) is 22.3 Å². The maximum atomic E-state index is 15.0. The number of nitrogens with zero attached hydrogens (tertiary/aromatic N) is 5. The second-order valence-corrected chi connectivity index (χ2v) is 13.4. The fourth-order valence-corrected chi connectivity index (χ4v) is 8.35. The van der Waals surface area contributed by atoms with E-state index in [1.54, 1.807) is 6.92 Å². The second-order valence-electron chi connectivity index (χ2n) is 13.4. The van der Waals surface area contributed by atoms with Crippen molar-refractivity contribution in [2.45, 2.75) is 69.4 Å². The van der Waals surface area contributed by atoms with Crippen molar-refractivity contribution in [3.63, 3.8) is 0 Å². The lowest BCUT2D eigenvalue weighted by Gasteiger charge is -2.35. The summed E-state index contributed by atoms with van der Waals surface area (Å²) in [5, 5.41) is 15.2. The number of ether oxygens (including phenoxy) is 2. The molecule has 0 spiro atoms. The number of hydrogen-bond donors (Lipinski definition) is 2. The van der Waals surface area contributed by atoms with Crippen LogP contribution in [0.2, 0.25) is 0 Å². The SMILES string of the molecule is C#Cc1c(F)ccc2cc(O)cc(-c3nc(OC(F)F)c4c(N5CC6CCC(C5)N6)nc(OC[C@@]56CCCN5C[C@H](F)C6)nc4c3C)c12. The molecule has 4 aromatic rings. The first-order valence-electron chi connectivity index (χ1n) is 16.2. The van der Waals surface area contributed by atoms with Crippen LogP contribution in [0.4, 0.5) is 23.4 Å². The first-order chi connectivity index (χ1) is 23.1. The molecule has 8 rings (SSSR count). The lowest BCUT2D eigenvalue weighted by Crippen LogP contribution is -2.51. The predicted molar refractivity (Wildman–Crippen MR) is 172 cm³/mol. The molecule has 2 N–H and O–H groups in total. The van der Waals surface area contributed by atoms with E-state index in [1.165, 1.54) is 24.3 Å². The van der Waals surface area contributed by atoms with Crippen LogP contribution in [0.15, 0.2) is 24.3 Å². The summed E-state index contributed by atoms with van der Waals surface area (Å²) in [5.41, 5.74) is 0.486. The van der Waals surface area contributed by atoms with E-state index in [0.29, 0.717) is 42.8 Å². The summed E-state index contributed by atoms with van der Waals surface area (Å²) >= 11 is 0. The van der Waals surface area contributed by atoms with E-state index in [2.05, 4.69) is 21.1 Å². The first-order valence-corrected chi connectivity index (χ1v) is 16.2. The molecule has 4 saturated heterocycles. The van der Waals surface area contributed by atoms with Gasteiger partial charge in [0, 0.05) is 54.7 Å². The number of anilines is 1. The summed E-state index contributed by atoms with van der Waals surface area (Å²) in [4.78, 5) is 18.3. The number of benzene rings is 2. The number of aromatic nitrogens is 3. The molecule has 4 fully saturated rings. The average Bonchev–Trinajstić information content (AvgIpc) is 3.70. The molecule has 2 aromatic heterocycles. The van der Waals surface area contributed by atoms with Crippen LogP contribution in [0.25, 0.3) is 32.9 Å². The maximum absolute atomic E-state index is 15.0. The Balaban J connectivity index is 1.35. The molecule has 4 atom stereocenters. The van der Waals surface area contributed by atoms with Crippen molar-refractivity contribution in [3.8, 4) is 41.2 Å². The maximum Gasteiger partial charge on any atom is 0.388 e. The minimum Gasteiger partial charge on any atom is -0.508 e. The zero-order chi connectivity index (χ0) is 33.3. The van der Waals surface area contributed by atoms with E-state index in [1.807, 2.05) is 4.90 Å². The van der Waals surface area contributed by atoms with Gasteiger partial charge in [0.25, 0.3) is 0 Å². The van der Waals surface area contributed by atoms with Crippen LogP contribution in [-0.4, -0.2) is 88.2 Å². The van der Waals surface area contributed by atoms with Gasteiger partial charge in [-0.1, -0.05) is 12.0 Å². The standard InChI is InChI=1S/C35H34F4N6O3/c1-3-24-26(37)8-5-19-11-23(46)12-25(27(19)24)29-18(2)30-28(32(41-29)48-33(38)39)31(44-15-21-6-7-22(16-44)40-21)43-34(42-30)47-17-35-9-4-10-45(35)14-20(36)13-35/h1,5,8,11-12,20-22,33,40,46H,4,6-7,9-10,13-17H2,2H3/t20-,21?,22?,35+/m1/s1. The van der Waals surface area contributed by atoms with E-state index in [-0.39, 0.29) is 63.6 Å². The lowest BCUT2D eigenvalue weighted by atomic mass is 9.94. The van der Waals surface area contributed by atoms with Crippen LogP contribution >= 0.6 is 0 Å². The zero-order valence-corrected chi connectivity index (χ0v) is 26.3. The van der Waals surface area contributed by atoms with Gasteiger partial charge < -0.3 is 24.8 Å². The third-order valence-electron chi connectivity index (χ3n) is 10.4. The number of alkyl halides is 3. The Kier molecular flexibility index (Phi) is 7.49. The normalized spacial score (nSPS) is 25.3. The quantitative estimate of drug-likeness (QED) is 0.197. The van der Waals surface area contributed by atoms with Gasteiger partial charge in [-0.15, -0.1) is 6.42 Å². The number of pyridine rings is 1. The molecule has 0 radical (unpaired) electrons. The fraction of sp³-hybridized carbons (Fsp3) is 0.457.